The molecule has 0 fully saturated rings. The highest BCUT2D eigenvalue weighted by Gasteiger charge is 2.44. The lowest BCUT2D eigenvalue weighted by molar-refractivity contribution is 0.0452. The van der Waals surface area contributed by atoms with Crippen LogP contribution in [0.5, 0.6) is 0 Å². The molecule has 0 amide bonds. The molecule has 0 aliphatic rings. The Labute approximate surface area is 172 Å². The van der Waals surface area contributed by atoms with Gasteiger partial charge in [0, 0.05) is 12.3 Å². The lowest BCUT2D eigenvalue weighted by Crippen LogP contribution is -2.50. The van der Waals surface area contributed by atoms with Crippen molar-refractivity contribution in [2.75, 3.05) is 0 Å². The van der Waals surface area contributed by atoms with Gasteiger partial charge >= 0.3 is 0 Å². The third-order valence-electron chi connectivity index (χ3n) is 6.56. The van der Waals surface area contributed by atoms with Crippen molar-refractivity contribution in [2.45, 2.75) is 116 Å². The maximum absolute atomic E-state index is 6.82. The summed E-state index contributed by atoms with van der Waals surface area (Å²) in [4.78, 5) is 0. The fourth-order valence-electron chi connectivity index (χ4n) is 2.67. The molecule has 0 saturated heterocycles. The minimum Gasteiger partial charge on any atom is -0.413 e. The average molecular weight is 411 g/mol. The number of terminal acetylenes is 1. The molecule has 0 aromatic heterocycles. The fourth-order valence-corrected chi connectivity index (χ4v) is 5.35. The first-order valence-corrected chi connectivity index (χ1v) is 16.3. The van der Waals surface area contributed by atoms with Crippen molar-refractivity contribution in [2.24, 2.45) is 5.92 Å². The van der Waals surface area contributed by atoms with Gasteiger partial charge < -0.3 is 8.85 Å². The number of hydrogen-bond acceptors (Lipinski definition) is 2. The minimum absolute atomic E-state index is 0.0172. The molecule has 0 radical (unpaired) electrons. The molecular formula is C23H46O2Si2. The van der Waals surface area contributed by atoms with Crippen molar-refractivity contribution in [1.29, 1.82) is 0 Å². The largest absolute Gasteiger partial charge is 0.413 e. The van der Waals surface area contributed by atoms with Gasteiger partial charge in [0.2, 0.25) is 0 Å². The Balaban J connectivity index is 5.82. The van der Waals surface area contributed by atoms with Gasteiger partial charge in [-0.15, -0.1) is 18.9 Å². The van der Waals surface area contributed by atoms with E-state index in [4.69, 9.17) is 15.3 Å². The van der Waals surface area contributed by atoms with Gasteiger partial charge in [-0.25, -0.2) is 0 Å². The van der Waals surface area contributed by atoms with E-state index >= 15 is 0 Å². The molecule has 0 aliphatic carbocycles. The maximum atomic E-state index is 6.82. The summed E-state index contributed by atoms with van der Waals surface area (Å²) in [6, 6.07) is 0. The Morgan fingerprint density at radius 2 is 1.41 bits per heavy atom. The van der Waals surface area contributed by atoms with E-state index in [1.54, 1.807) is 0 Å². The van der Waals surface area contributed by atoms with Crippen molar-refractivity contribution in [3.63, 3.8) is 0 Å². The monoisotopic (exact) mass is 410 g/mol. The molecule has 158 valence electrons. The van der Waals surface area contributed by atoms with Gasteiger partial charge in [0.05, 0.1) is 12.2 Å². The predicted octanol–water partition coefficient (Wildman–Crippen LogP) is 7.39. The van der Waals surface area contributed by atoms with Gasteiger partial charge in [0.25, 0.3) is 0 Å². The molecule has 0 spiro atoms. The Morgan fingerprint density at radius 3 is 1.74 bits per heavy atom. The summed E-state index contributed by atoms with van der Waals surface area (Å²) in [6.45, 7) is 29.2. The Morgan fingerprint density at radius 1 is 0.963 bits per heavy atom. The molecule has 0 N–H and O–H groups in total. The Kier molecular flexibility index (Phi) is 9.79. The maximum Gasteiger partial charge on any atom is 0.192 e. The highest BCUT2D eigenvalue weighted by atomic mass is 28.4. The quantitative estimate of drug-likeness (QED) is 0.212. The summed E-state index contributed by atoms with van der Waals surface area (Å²) in [5.41, 5.74) is 0. The summed E-state index contributed by atoms with van der Waals surface area (Å²) in [5, 5.41) is 0.313. The molecule has 0 bridgehead atoms. The van der Waals surface area contributed by atoms with Crippen molar-refractivity contribution in [3.8, 4) is 12.3 Å². The van der Waals surface area contributed by atoms with Crippen molar-refractivity contribution >= 4 is 16.6 Å². The zero-order chi connectivity index (χ0) is 21.7. The van der Waals surface area contributed by atoms with Crippen LogP contribution < -0.4 is 0 Å². The van der Waals surface area contributed by atoms with Crippen LogP contribution in [0.25, 0.3) is 0 Å². The third-order valence-corrected chi connectivity index (χ3v) is 15.5. The van der Waals surface area contributed by atoms with Crippen LogP contribution in [0.4, 0.5) is 0 Å². The second-order valence-corrected chi connectivity index (χ2v) is 20.4. The highest BCUT2D eigenvalue weighted by Crippen LogP contribution is 2.42. The molecule has 0 aliphatic heterocycles. The zero-order valence-corrected chi connectivity index (χ0v) is 22.0. The third kappa shape index (κ3) is 7.53. The van der Waals surface area contributed by atoms with Crippen LogP contribution >= 0.6 is 0 Å². The average Bonchev–Trinajstić information content (AvgIpc) is 2.47. The van der Waals surface area contributed by atoms with Crippen LogP contribution in [0.1, 0.15) is 67.7 Å². The van der Waals surface area contributed by atoms with E-state index < -0.39 is 16.6 Å². The van der Waals surface area contributed by atoms with Gasteiger partial charge in [0.1, 0.15) is 0 Å². The molecule has 0 rings (SSSR count). The van der Waals surface area contributed by atoms with Gasteiger partial charge in [-0.1, -0.05) is 61.0 Å². The second kappa shape index (κ2) is 9.92. The first-order valence-electron chi connectivity index (χ1n) is 10.5. The van der Waals surface area contributed by atoms with E-state index in [1.807, 2.05) is 6.08 Å². The first-order chi connectivity index (χ1) is 12.0. The second-order valence-electron chi connectivity index (χ2n) is 10.9. The van der Waals surface area contributed by atoms with E-state index in [2.05, 4.69) is 87.2 Å². The number of rotatable bonds is 10. The van der Waals surface area contributed by atoms with E-state index in [0.717, 1.165) is 12.8 Å². The summed E-state index contributed by atoms with van der Waals surface area (Å²) in [7, 11) is -3.84. The summed E-state index contributed by atoms with van der Waals surface area (Å²) in [6.07, 6.45) is 10.5. The molecule has 0 aromatic rings. The summed E-state index contributed by atoms with van der Waals surface area (Å²) >= 11 is 0. The molecule has 3 atom stereocenters. The van der Waals surface area contributed by atoms with Crippen molar-refractivity contribution in [1.82, 2.24) is 0 Å². The van der Waals surface area contributed by atoms with Crippen LogP contribution in [-0.4, -0.2) is 28.8 Å². The van der Waals surface area contributed by atoms with E-state index in [1.165, 1.54) is 0 Å². The molecule has 2 nitrogen and oxygen atoms in total. The Hall–Kier alpha value is -0.346. The van der Waals surface area contributed by atoms with Gasteiger partial charge in [0.15, 0.2) is 16.6 Å². The van der Waals surface area contributed by atoms with Crippen molar-refractivity contribution < 1.29 is 8.85 Å². The van der Waals surface area contributed by atoms with Gasteiger partial charge in [-0.3, -0.25) is 0 Å². The topological polar surface area (TPSA) is 18.5 Å². The Bertz CT molecular complexity index is 504. The van der Waals surface area contributed by atoms with E-state index in [-0.39, 0.29) is 28.2 Å². The van der Waals surface area contributed by atoms with Crippen LogP contribution in [0.3, 0.4) is 0 Å². The lowest BCUT2D eigenvalue weighted by Gasteiger charge is -2.45. The molecule has 0 aromatic carbocycles. The molecular weight excluding hydrogens is 364 g/mol. The lowest BCUT2D eigenvalue weighted by atomic mass is 9.89. The molecule has 27 heavy (non-hydrogen) atoms. The molecule has 0 saturated carbocycles. The smallest absolute Gasteiger partial charge is 0.192 e. The molecule has 0 heterocycles. The van der Waals surface area contributed by atoms with Crippen LogP contribution in [-0.2, 0) is 8.85 Å². The van der Waals surface area contributed by atoms with Gasteiger partial charge in [-0.05, 0) is 42.7 Å². The zero-order valence-electron chi connectivity index (χ0n) is 20.0. The van der Waals surface area contributed by atoms with Crippen molar-refractivity contribution in [3.05, 3.63) is 12.7 Å². The molecule has 4 heteroatoms. The molecule has 0 unspecified atom stereocenters. The van der Waals surface area contributed by atoms with Crippen LogP contribution in [0.2, 0.25) is 36.3 Å². The number of hydrogen-bond donors (Lipinski definition) is 0. The normalized spacial score (nSPS) is 17.1. The van der Waals surface area contributed by atoms with Crippen LogP contribution in [0.15, 0.2) is 12.7 Å². The fraction of sp³-hybridized carbons (Fsp3) is 0.826. The minimum atomic E-state index is -1.92. The SMILES string of the molecule is C#CC[C@H](O[Si](C)(C)C(C)(C)C)[C@H](CCC)[C@@H](C=C)O[Si](C)(C)C(C)(C)C. The summed E-state index contributed by atoms with van der Waals surface area (Å²) < 4.78 is 13.6. The predicted molar refractivity (Wildman–Crippen MR) is 126 cm³/mol. The summed E-state index contributed by atoms with van der Waals surface area (Å²) in [5.74, 6) is 3.11. The van der Waals surface area contributed by atoms with Crippen LogP contribution in [0, 0.1) is 18.3 Å². The van der Waals surface area contributed by atoms with E-state index in [0.29, 0.717) is 6.42 Å². The highest BCUT2D eigenvalue weighted by molar-refractivity contribution is 6.74. The van der Waals surface area contributed by atoms with Gasteiger partial charge in [-0.2, -0.15) is 0 Å². The first kappa shape index (κ1) is 26.7. The van der Waals surface area contributed by atoms with E-state index in [9.17, 15) is 0 Å². The standard InChI is InChI=1S/C23H46O2Si2/c1-14-17-19(20(16-3)24-26(10,11)22(4,5)6)21(18-15-2)25-27(12,13)23(7,8)9/h2,16,19-21H,3,14,17-18H2,1,4-13H3/t19-,20-,21+/m1/s1.